The maximum absolute atomic E-state index is 13.7. The lowest BCUT2D eigenvalue weighted by Crippen LogP contribution is -2.52. The topological polar surface area (TPSA) is 96.0 Å². The molecule has 0 spiro atoms. The standard InChI is InChI=1S/C28H39N3O5S/c1-20(2)23-12-14-25(15-13-23)31(37(5,34)35)19-27(32)30(18-22-10-16-26(36-4)17-11-22)21(3)28(33)29-24-8-6-7-9-24/h10-17,20-21,24H,6-9,18-19H2,1-5H3,(H,29,33)/t21-/m1/s1. The number of carbonyl (C=O) groups is 2. The molecule has 0 unspecified atom stereocenters. The predicted octanol–water partition coefficient (Wildman–Crippen LogP) is 4.06. The summed E-state index contributed by atoms with van der Waals surface area (Å²) >= 11 is 0. The highest BCUT2D eigenvalue weighted by Gasteiger charge is 2.31. The van der Waals surface area contributed by atoms with Gasteiger partial charge in [-0.15, -0.1) is 0 Å². The third-order valence-electron chi connectivity index (χ3n) is 6.91. The zero-order valence-corrected chi connectivity index (χ0v) is 23.3. The third kappa shape index (κ3) is 7.71. The van der Waals surface area contributed by atoms with E-state index in [2.05, 4.69) is 19.2 Å². The lowest BCUT2D eigenvalue weighted by molar-refractivity contribution is -0.139. The molecule has 0 heterocycles. The van der Waals surface area contributed by atoms with Crippen molar-refractivity contribution in [2.24, 2.45) is 0 Å². The maximum atomic E-state index is 13.7. The highest BCUT2D eigenvalue weighted by atomic mass is 32.2. The molecule has 8 nitrogen and oxygen atoms in total. The molecule has 1 aliphatic rings. The van der Waals surface area contributed by atoms with Crippen molar-refractivity contribution in [3.8, 4) is 5.75 Å². The molecule has 3 rings (SSSR count). The van der Waals surface area contributed by atoms with Crippen LogP contribution < -0.4 is 14.4 Å². The number of sulfonamides is 1. The van der Waals surface area contributed by atoms with Gasteiger partial charge in [-0.1, -0.05) is 51.0 Å². The number of anilines is 1. The number of hydrogen-bond acceptors (Lipinski definition) is 5. The van der Waals surface area contributed by atoms with Crippen LogP contribution in [-0.2, 0) is 26.2 Å². The van der Waals surface area contributed by atoms with E-state index in [1.165, 1.54) is 4.90 Å². The summed E-state index contributed by atoms with van der Waals surface area (Å²) in [6.45, 7) is 5.56. The molecular formula is C28H39N3O5S. The Bertz CT molecular complexity index is 1160. The van der Waals surface area contributed by atoms with Crippen molar-refractivity contribution in [1.29, 1.82) is 0 Å². The van der Waals surface area contributed by atoms with E-state index in [0.717, 1.165) is 47.4 Å². The van der Waals surface area contributed by atoms with Gasteiger partial charge in [0.2, 0.25) is 21.8 Å². The van der Waals surface area contributed by atoms with Gasteiger partial charge in [0, 0.05) is 12.6 Å². The maximum Gasteiger partial charge on any atom is 0.244 e. The Balaban J connectivity index is 1.87. The molecule has 1 saturated carbocycles. The average molecular weight is 530 g/mol. The van der Waals surface area contributed by atoms with Gasteiger partial charge in [-0.05, 0) is 61.1 Å². The molecule has 0 aromatic heterocycles. The molecule has 1 atom stereocenters. The predicted molar refractivity (Wildman–Crippen MR) is 146 cm³/mol. The van der Waals surface area contributed by atoms with Gasteiger partial charge >= 0.3 is 0 Å². The van der Waals surface area contributed by atoms with E-state index in [4.69, 9.17) is 4.74 Å². The molecule has 0 saturated heterocycles. The lowest BCUT2D eigenvalue weighted by atomic mass is 10.0. The Morgan fingerprint density at radius 3 is 2.11 bits per heavy atom. The molecule has 9 heteroatoms. The largest absolute Gasteiger partial charge is 0.497 e. The molecular weight excluding hydrogens is 490 g/mol. The average Bonchev–Trinajstić information content (AvgIpc) is 3.38. The number of benzene rings is 2. The van der Waals surface area contributed by atoms with Crippen LogP contribution in [0.15, 0.2) is 48.5 Å². The first-order valence-electron chi connectivity index (χ1n) is 12.8. The number of nitrogens with one attached hydrogen (secondary N) is 1. The first-order valence-corrected chi connectivity index (χ1v) is 14.6. The van der Waals surface area contributed by atoms with Gasteiger partial charge < -0.3 is 15.0 Å². The van der Waals surface area contributed by atoms with Crippen molar-refractivity contribution < 1.29 is 22.7 Å². The molecule has 2 aromatic rings. The Hall–Kier alpha value is -3.07. The minimum Gasteiger partial charge on any atom is -0.497 e. The highest BCUT2D eigenvalue weighted by Crippen LogP contribution is 2.23. The van der Waals surface area contributed by atoms with Crippen LogP contribution in [0.5, 0.6) is 5.75 Å². The number of amides is 2. The molecule has 0 aliphatic heterocycles. The van der Waals surface area contributed by atoms with Crippen LogP contribution in [0.1, 0.15) is 63.5 Å². The summed E-state index contributed by atoms with van der Waals surface area (Å²) in [6.07, 6.45) is 5.10. The van der Waals surface area contributed by atoms with Gasteiger partial charge in [-0.25, -0.2) is 8.42 Å². The fourth-order valence-electron chi connectivity index (χ4n) is 4.54. The Morgan fingerprint density at radius 2 is 1.59 bits per heavy atom. The van der Waals surface area contributed by atoms with Gasteiger partial charge in [0.15, 0.2) is 0 Å². The SMILES string of the molecule is COc1ccc(CN(C(=O)CN(c2ccc(C(C)C)cc2)S(C)(=O)=O)[C@H](C)C(=O)NC2CCCC2)cc1. The van der Waals surface area contributed by atoms with Gasteiger partial charge in [0.05, 0.1) is 19.1 Å². The summed E-state index contributed by atoms with van der Waals surface area (Å²) in [5, 5.41) is 3.07. The van der Waals surface area contributed by atoms with E-state index in [1.807, 2.05) is 24.3 Å². The molecule has 1 aliphatic carbocycles. The van der Waals surface area contributed by atoms with Crippen molar-refractivity contribution in [2.45, 2.75) is 71.0 Å². The highest BCUT2D eigenvalue weighted by molar-refractivity contribution is 7.92. The van der Waals surface area contributed by atoms with Crippen LogP contribution in [0.4, 0.5) is 5.69 Å². The zero-order valence-electron chi connectivity index (χ0n) is 22.4. The number of carbonyl (C=O) groups excluding carboxylic acids is 2. The summed E-state index contributed by atoms with van der Waals surface area (Å²) in [6, 6.07) is 13.8. The van der Waals surface area contributed by atoms with E-state index >= 15 is 0 Å². The van der Waals surface area contributed by atoms with Crippen LogP contribution in [0.3, 0.4) is 0 Å². The third-order valence-corrected chi connectivity index (χ3v) is 8.05. The van der Waals surface area contributed by atoms with Crippen molar-refractivity contribution in [2.75, 3.05) is 24.2 Å². The Labute approximate surface area is 221 Å². The van der Waals surface area contributed by atoms with Gasteiger partial charge in [0.1, 0.15) is 18.3 Å². The van der Waals surface area contributed by atoms with E-state index in [9.17, 15) is 18.0 Å². The minimum atomic E-state index is -3.76. The molecule has 0 radical (unpaired) electrons. The van der Waals surface area contributed by atoms with Crippen LogP contribution in [0.2, 0.25) is 0 Å². The molecule has 202 valence electrons. The molecule has 2 aromatic carbocycles. The smallest absolute Gasteiger partial charge is 0.244 e. The van der Waals surface area contributed by atoms with Gasteiger partial charge in [-0.2, -0.15) is 0 Å². The quantitative estimate of drug-likeness (QED) is 0.474. The molecule has 2 amide bonds. The number of nitrogens with zero attached hydrogens (tertiary/aromatic N) is 2. The molecule has 1 fully saturated rings. The summed E-state index contributed by atoms with van der Waals surface area (Å²) in [5.74, 6) is 0.285. The number of hydrogen-bond donors (Lipinski definition) is 1. The summed E-state index contributed by atoms with van der Waals surface area (Å²) in [5.41, 5.74) is 2.29. The molecule has 0 bridgehead atoms. The van der Waals surface area contributed by atoms with E-state index < -0.39 is 28.5 Å². The van der Waals surface area contributed by atoms with Crippen LogP contribution in [-0.4, -0.2) is 57.1 Å². The van der Waals surface area contributed by atoms with Crippen LogP contribution in [0.25, 0.3) is 0 Å². The van der Waals surface area contributed by atoms with Crippen molar-refractivity contribution in [1.82, 2.24) is 10.2 Å². The molecule has 1 N–H and O–H groups in total. The van der Waals surface area contributed by atoms with E-state index in [1.54, 1.807) is 38.3 Å². The molecule has 37 heavy (non-hydrogen) atoms. The normalized spacial score (nSPS) is 14.9. The minimum absolute atomic E-state index is 0.111. The zero-order chi connectivity index (χ0) is 27.2. The van der Waals surface area contributed by atoms with Crippen molar-refractivity contribution in [3.63, 3.8) is 0 Å². The fraction of sp³-hybridized carbons (Fsp3) is 0.500. The summed E-state index contributed by atoms with van der Waals surface area (Å²) in [7, 11) is -2.18. The monoisotopic (exact) mass is 529 g/mol. The first-order chi connectivity index (χ1) is 17.5. The van der Waals surface area contributed by atoms with Crippen LogP contribution >= 0.6 is 0 Å². The van der Waals surface area contributed by atoms with Gasteiger partial charge in [0.25, 0.3) is 0 Å². The van der Waals surface area contributed by atoms with Crippen molar-refractivity contribution in [3.05, 3.63) is 59.7 Å². The number of methoxy groups -OCH3 is 1. The van der Waals surface area contributed by atoms with E-state index in [0.29, 0.717) is 17.4 Å². The second-order valence-corrected chi connectivity index (χ2v) is 12.0. The second kappa shape index (κ2) is 12.4. The van der Waals surface area contributed by atoms with Crippen molar-refractivity contribution >= 4 is 27.5 Å². The summed E-state index contributed by atoms with van der Waals surface area (Å²) < 4.78 is 31.8. The lowest BCUT2D eigenvalue weighted by Gasteiger charge is -2.32. The fourth-order valence-corrected chi connectivity index (χ4v) is 5.39. The van der Waals surface area contributed by atoms with Gasteiger partial charge in [-0.3, -0.25) is 13.9 Å². The summed E-state index contributed by atoms with van der Waals surface area (Å²) in [4.78, 5) is 28.3. The number of ether oxygens (including phenoxy) is 1. The van der Waals surface area contributed by atoms with E-state index in [-0.39, 0.29) is 18.5 Å². The second-order valence-electron chi connectivity index (χ2n) is 10.1. The Kier molecular flexibility index (Phi) is 9.59. The van der Waals surface area contributed by atoms with Crippen LogP contribution in [0, 0.1) is 0 Å². The number of rotatable bonds is 11. The Morgan fingerprint density at radius 1 is 1.00 bits per heavy atom. The first kappa shape index (κ1) is 28.5.